The van der Waals surface area contributed by atoms with E-state index in [1.54, 1.807) is 0 Å². The van der Waals surface area contributed by atoms with E-state index in [0.717, 1.165) is 24.1 Å². The van der Waals surface area contributed by atoms with Gasteiger partial charge in [-0.3, -0.25) is 9.98 Å². The Morgan fingerprint density at radius 1 is 1.35 bits per heavy atom. The van der Waals surface area contributed by atoms with E-state index < -0.39 is 0 Å². The van der Waals surface area contributed by atoms with Crippen LogP contribution in [0.3, 0.4) is 0 Å². The van der Waals surface area contributed by atoms with Crippen LogP contribution in [0.25, 0.3) is 0 Å². The van der Waals surface area contributed by atoms with Crippen LogP contribution in [-0.2, 0) is 6.42 Å². The van der Waals surface area contributed by atoms with Crippen molar-refractivity contribution in [3.63, 3.8) is 0 Å². The first-order valence-corrected chi connectivity index (χ1v) is 8.59. The average Bonchev–Trinajstić information content (AvgIpc) is 2.87. The number of aromatic nitrogens is 1. The molecule has 3 nitrogen and oxygen atoms in total. The summed E-state index contributed by atoms with van der Waals surface area (Å²) in [5, 5.41) is 4.87. The van der Waals surface area contributed by atoms with Gasteiger partial charge < -0.3 is 5.32 Å². The topological polar surface area (TPSA) is 37.3 Å². The van der Waals surface area contributed by atoms with Gasteiger partial charge in [0.1, 0.15) is 0 Å². The smallest absolute Gasteiger partial charge is 0.157 e. The highest BCUT2D eigenvalue weighted by Gasteiger charge is 2.39. The third kappa shape index (κ3) is 3.35. The van der Waals surface area contributed by atoms with E-state index in [9.17, 15) is 0 Å². The van der Waals surface area contributed by atoms with Crippen LogP contribution < -0.4 is 5.32 Å². The molecule has 0 aromatic carbocycles. The minimum atomic E-state index is 0.354. The van der Waals surface area contributed by atoms with Crippen molar-refractivity contribution in [3.8, 4) is 0 Å². The molecule has 0 bridgehead atoms. The Morgan fingerprint density at radius 2 is 2.10 bits per heavy atom. The summed E-state index contributed by atoms with van der Waals surface area (Å²) >= 11 is 1.91. The predicted molar refractivity (Wildman–Crippen MR) is 86.2 cm³/mol. The maximum Gasteiger partial charge on any atom is 0.157 e. The van der Waals surface area contributed by atoms with Gasteiger partial charge in [-0.1, -0.05) is 18.7 Å². The molecule has 108 valence electrons. The maximum absolute atomic E-state index is 4.74. The van der Waals surface area contributed by atoms with Gasteiger partial charge in [-0.2, -0.15) is 0 Å². The quantitative estimate of drug-likeness (QED) is 0.928. The Labute approximate surface area is 125 Å². The summed E-state index contributed by atoms with van der Waals surface area (Å²) < 4.78 is 0. The molecule has 1 aliphatic carbocycles. The van der Waals surface area contributed by atoms with Gasteiger partial charge in [-0.05, 0) is 55.7 Å². The molecule has 0 amide bonds. The molecule has 1 saturated carbocycles. The van der Waals surface area contributed by atoms with E-state index >= 15 is 0 Å². The normalized spacial score (nSPS) is 31.6. The molecule has 1 aromatic heterocycles. The fourth-order valence-electron chi connectivity index (χ4n) is 3.01. The second-order valence-corrected chi connectivity index (χ2v) is 7.13. The van der Waals surface area contributed by atoms with E-state index in [1.165, 1.54) is 37.0 Å². The predicted octanol–water partition coefficient (Wildman–Crippen LogP) is 3.27. The molecule has 3 rings (SSSR count). The number of nitrogens with zero attached hydrogens (tertiary/aromatic N) is 2. The van der Waals surface area contributed by atoms with Crippen LogP contribution in [0.5, 0.6) is 0 Å². The highest BCUT2D eigenvalue weighted by molar-refractivity contribution is 8.14. The highest BCUT2D eigenvalue weighted by atomic mass is 32.2. The lowest BCUT2D eigenvalue weighted by molar-refractivity contribution is 0.251. The summed E-state index contributed by atoms with van der Waals surface area (Å²) in [5.74, 6) is 2.11. The molecule has 0 unspecified atom stereocenters. The van der Waals surface area contributed by atoms with E-state index in [2.05, 4.69) is 29.4 Å². The summed E-state index contributed by atoms with van der Waals surface area (Å²) in [6.45, 7) is 3.24. The molecule has 1 spiro atoms. The van der Waals surface area contributed by atoms with Gasteiger partial charge in [0.2, 0.25) is 0 Å². The Morgan fingerprint density at radius 3 is 2.85 bits per heavy atom. The number of aliphatic imine (C=N–C) groups is 1. The van der Waals surface area contributed by atoms with Crippen LogP contribution in [0, 0.1) is 5.92 Å². The van der Waals surface area contributed by atoms with Crippen molar-refractivity contribution >= 4 is 16.9 Å². The van der Waals surface area contributed by atoms with Crippen molar-refractivity contribution < 1.29 is 0 Å². The molecule has 1 N–H and O–H groups in total. The van der Waals surface area contributed by atoms with Crippen molar-refractivity contribution in [2.24, 2.45) is 10.9 Å². The molecule has 0 atom stereocenters. The van der Waals surface area contributed by atoms with Crippen LogP contribution in [0.1, 0.15) is 38.2 Å². The molecule has 1 aliphatic heterocycles. The van der Waals surface area contributed by atoms with Crippen LogP contribution >= 0.6 is 11.8 Å². The summed E-state index contributed by atoms with van der Waals surface area (Å²) in [6.07, 6.45) is 10.0. The molecule has 1 saturated heterocycles. The monoisotopic (exact) mass is 289 g/mol. The summed E-state index contributed by atoms with van der Waals surface area (Å²) in [7, 11) is 0. The second-order valence-electron chi connectivity index (χ2n) is 6.17. The first-order chi connectivity index (χ1) is 9.76. The molecule has 4 heteroatoms. The van der Waals surface area contributed by atoms with Crippen LogP contribution in [0.4, 0.5) is 0 Å². The van der Waals surface area contributed by atoms with Gasteiger partial charge in [-0.25, -0.2) is 0 Å². The standard InChI is InChI=1S/C16H23N3S/c1-13-2-7-16(8-3-13)12-20-15(19-16)18-11-6-14-4-9-17-10-5-14/h4-5,9-10,13H,2-3,6-8,11-12H2,1H3,(H,18,19). The molecular formula is C16H23N3S. The number of rotatable bonds is 3. The lowest BCUT2D eigenvalue weighted by Crippen LogP contribution is -2.46. The Kier molecular flexibility index (Phi) is 4.29. The van der Waals surface area contributed by atoms with Gasteiger partial charge in [0.05, 0.1) is 0 Å². The summed E-state index contributed by atoms with van der Waals surface area (Å²) in [6, 6.07) is 4.14. The number of amidine groups is 1. The Bertz CT molecular complexity index is 464. The molecule has 0 radical (unpaired) electrons. The molecule has 2 fully saturated rings. The maximum atomic E-state index is 4.74. The van der Waals surface area contributed by atoms with Gasteiger partial charge in [0.15, 0.2) is 5.17 Å². The van der Waals surface area contributed by atoms with Crippen molar-refractivity contribution in [1.29, 1.82) is 0 Å². The fraction of sp³-hybridized carbons (Fsp3) is 0.625. The average molecular weight is 289 g/mol. The van der Waals surface area contributed by atoms with Gasteiger partial charge in [0, 0.05) is 30.2 Å². The van der Waals surface area contributed by atoms with Gasteiger partial charge in [0.25, 0.3) is 0 Å². The minimum Gasteiger partial charge on any atom is -0.359 e. The second kappa shape index (κ2) is 6.17. The highest BCUT2D eigenvalue weighted by Crippen LogP contribution is 2.38. The molecule has 20 heavy (non-hydrogen) atoms. The zero-order valence-corrected chi connectivity index (χ0v) is 13.0. The van der Waals surface area contributed by atoms with E-state index in [0.29, 0.717) is 5.54 Å². The largest absolute Gasteiger partial charge is 0.359 e. The third-order valence-corrected chi connectivity index (χ3v) is 5.70. The molecule has 2 aliphatic rings. The van der Waals surface area contributed by atoms with Crippen molar-refractivity contribution in [2.75, 3.05) is 12.3 Å². The van der Waals surface area contributed by atoms with E-state index in [-0.39, 0.29) is 0 Å². The Balaban J connectivity index is 1.51. The zero-order chi connectivity index (χ0) is 13.8. The summed E-state index contributed by atoms with van der Waals surface area (Å²) in [5.41, 5.74) is 1.67. The van der Waals surface area contributed by atoms with Gasteiger partial charge >= 0.3 is 0 Å². The molecule has 1 aromatic rings. The van der Waals surface area contributed by atoms with E-state index in [1.807, 2.05) is 24.2 Å². The van der Waals surface area contributed by atoms with E-state index in [4.69, 9.17) is 4.99 Å². The zero-order valence-electron chi connectivity index (χ0n) is 12.1. The number of pyridine rings is 1. The number of thioether (sulfide) groups is 1. The van der Waals surface area contributed by atoms with Crippen LogP contribution in [0.2, 0.25) is 0 Å². The van der Waals surface area contributed by atoms with Crippen molar-refractivity contribution in [2.45, 2.75) is 44.6 Å². The molecular weight excluding hydrogens is 266 g/mol. The van der Waals surface area contributed by atoms with Crippen LogP contribution in [0.15, 0.2) is 29.5 Å². The fourth-order valence-corrected chi connectivity index (χ4v) is 4.26. The minimum absolute atomic E-state index is 0.354. The number of hydrogen-bond acceptors (Lipinski definition) is 3. The Hall–Kier alpha value is -1.03. The third-order valence-electron chi connectivity index (χ3n) is 4.49. The summed E-state index contributed by atoms with van der Waals surface area (Å²) in [4.78, 5) is 8.78. The van der Waals surface area contributed by atoms with Gasteiger partial charge in [-0.15, -0.1) is 0 Å². The number of nitrogens with one attached hydrogen (secondary N) is 1. The SMILES string of the molecule is CC1CCC2(CC1)CSC(=NCCc1ccncc1)N2. The van der Waals surface area contributed by atoms with Crippen molar-refractivity contribution in [1.82, 2.24) is 10.3 Å². The lowest BCUT2D eigenvalue weighted by Gasteiger charge is -2.35. The van der Waals surface area contributed by atoms with Crippen molar-refractivity contribution in [3.05, 3.63) is 30.1 Å². The van der Waals surface area contributed by atoms with Crippen LogP contribution in [-0.4, -0.2) is 28.0 Å². The lowest BCUT2D eigenvalue weighted by atomic mass is 9.78. The number of hydrogen-bond donors (Lipinski definition) is 1. The first kappa shape index (κ1) is 13.9. The first-order valence-electron chi connectivity index (χ1n) is 7.60. The molecule has 2 heterocycles.